The average molecular weight is 427 g/mol. The molecule has 0 unspecified atom stereocenters. The Balaban J connectivity index is 1.33. The zero-order chi connectivity index (χ0) is 20.7. The number of nitrogens with zero attached hydrogens (tertiary/aromatic N) is 6. The van der Waals surface area contributed by atoms with E-state index in [0.717, 1.165) is 0 Å². The monoisotopic (exact) mass is 427 g/mol. The SMILES string of the molecule is O=c1[nH]c2cc(S(=O)(=O)N3CCN(c4cc(-n5cccn5)ncn4)CC3)ccc2o1. The third-order valence-electron chi connectivity index (χ3n) is 4.97. The van der Waals surface area contributed by atoms with Gasteiger partial charge in [0.15, 0.2) is 11.4 Å². The molecule has 0 bridgehead atoms. The van der Waals surface area contributed by atoms with Crippen molar-refractivity contribution in [3.63, 3.8) is 0 Å². The lowest BCUT2D eigenvalue weighted by Crippen LogP contribution is -2.48. The quantitative estimate of drug-likeness (QED) is 0.501. The minimum Gasteiger partial charge on any atom is -0.408 e. The molecule has 0 radical (unpaired) electrons. The van der Waals surface area contributed by atoms with Crippen LogP contribution in [0.3, 0.4) is 0 Å². The number of sulfonamides is 1. The molecule has 1 fully saturated rings. The van der Waals surface area contributed by atoms with Gasteiger partial charge in [-0.1, -0.05) is 0 Å². The van der Waals surface area contributed by atoms with Crippen LogP contribution in [0, 0.1) is 0 Å². The highest BCUT2D eigenvalue weighted by atomic mass is 32.2. The molecule has 0 amide bonds. The second-order valence-corrected chi connectivity index (χ2v) is 8.69. The summed E-state index contributed by atoms with van der Waals surface area (Å²) in [5, 5.41) is 4.17. The minimum atomic E-state index is -3.70. The Kier molecular flexibility index (Phi) is 4.37. The topological polar surface area (TPSA) is 130 Å². The summed E-state index contributed by atoms with van der Waals surface area (Å²) in [6.45, 7) is 1.59. The highest BCUT2D eigenvalue weighted by Crippen LogP contribution is 2.23. The van der Waals surface area contributed by atoms with Crippen molar-refractivity contribution in [1.29, 1.82) is 0 Å². The molecule has 0 aliphatic carbocycles. The van der Waals surface area contributed by atoms with Crippen LogP contribution in [0.4, 0.5) is 5.82 Å². The smallest absolute Gasteiger partial charge is 0.408 e. The van der Waals surface area contributed by atoms with Crippen LogP contribution in [-0.2, 0) is 10.0 Å². The van der Waals surface area contributed by atoms with Gasteiger partial charge in [0.2, 0.25) is 10.0 Å². The number of hydrogen-bond donors (Lipinski definition) is 1. The van der Waals surface area contributed by atoms with Crippen LogP contribution in [0.2, 0.25) is 0 Å². The van der Waals surface area contributed by atoms with Gasteiger partial charge < -0.3 is 9.32 Å². The van der Waals surface area contributed by atoms with E-state index in [1.807, 2.05) is 17.0 Å². The van der Waals surface area contributed by atoms with Crippen molar-refractivity contribution < 1.29 is 12.8 Å². The standard InChI is InChI=1S/C18H17N7O4S/c26-18-22-14-10-13(2-3-15(14)29-18)30(27,28)24-8-6-23(7-9-24)16-11-17(20-12-19-16)25-5-1-4-21-25/h1-5,10-12H,6-9H2,(H,22,26). The minimum absolute atomic E-state index is 0.114. The molecular formula is C18H17N7O4S. The van der Waals surface area contributed by atoms with E-state index in [9.17, 15) is 13.2 Å². The Morgan fingerprint density at radius 2 is 1.83 bits per heavy atom. The molecule has 11 nitrogen and oxygen atoms in total. The maximum atomic E-state index is 13.0. The highest BCUT2D eigenvalue weighted by molar-refractivity contribution is 7.89. The molecule has 0 spiro atoms. The molecule has 154 valence electrons. The number of H-pyrrole nitrogens is 1. The van der Waals surface area contributed by atoms with Crippen LogP contribution in [0.25, 0.3) is 16.9 Å². The van der Waals surface area contributed by atoms with E-state index in [4.69, 9.17) is 4.42 Å². The first-order valence-electron chi connectivity index (χ1n) is 9.21. The van der Waals surface area contributed by atoms with Crippen molar-refractivity contribution in [2.75, 3.05) is 31.1 Å². The Bertz CT molecular complexity index is 1350. The number of aromatic nitrogens is 5. The van der Waals surface area contributed by atoms with E-state index in [1.165, 1.54) is 28.8 Å². The molecule has 0 saturated carbocycles. The summed E-state index contributed by atoms with van der Waals surface area (Å²) in [4.78, 5) is 24.5. The van der Waals surface area contributed by atoms with Crippen molar-refractivity contribution >= 4 is 26.9 Å². The predicted molar refractivity (Wildman–Crippen MR) is 107 cm³/mol. The number of aromatic amines is 1. The first kappa shape index (κ1) is 18.5. The molecule has 4 heterocycles. The van der Waals surface area contributed by atoms with Gasteiger partial charge in [0.1, 0.15) is 12.1 Å². The van der Waals surface area contributed by atoms with Gasteiger partial charge in [-0.3, -0.25) is 4.98 Å². The lowest BCUT2D eigenvalue weighted by molar-refractivity contribution is 0.384. The molecule has 1 aromatic carbocycles. The van der Waals surface area contributed by atoms with Crippen LogP contribution in [0.5, 0.6) is 0 Å². The molecular weight excluding hydrogens is 410 g/mol. The highest BCUT2D eigenvalue weighted by Gasteiger charge is 2.29. The number of piperazine rings is 1. The fourth-order valence-electron chi connectivity index (χ4n) is 3.44. The van der Waals surface area contributed by atoms with E-state index >= 15 is 0 Å². The van der Waals surface area contributed by atoms with Crippen LogP contribution in [-0.4, -0.2) is 63.6 Å². The van der Waals surface area contributed by atoms with Gasteiger partial charge in [0.05, 0.1) is 10.4 Å². The molecule has 1 aliphatic heterocycles. The molecule has 3 aromatic heterocycles. The summed E-state index contributed by atoms with van der Waals surface area (Å²) in [6.07, 6.45) is 4.93. The molecule has 4 aromatic rings. The van der Waals surface area contributed by atoms with E-state index in [1.54, 1.807) is 17.1 Å². The lowest BCUT2D eigenvalue weighted by Gasteiger charge is -2.34. The van der Waals surface area contributed by atoms with Gasteiger partial charge in [-0.2, -0.15) is 9.40 Å². The number of hydrogen-bond acceptors (Lipinski definition) is 8. The second kappa shape index (κ2) is 7.07. The number of oxazole rings is 1. The molecule has 30 heavy (non-hydrogen) atoms. The van der Waals surface area contributed by atoms with E-state index in [-0.39, 0.29) is 4.90 Å². The number of benzene rings is 1. The number of fused-ring (bicyclic) bond motifs is 1. The van der Waals surface area contributed by atoms with Crippen molar-refractivity contribution in [2.24, 2.45) is 0 Å². The van der Waals surface area contributed by atoms with Gasteiger partial charge in [0, 0.05) is 44.6 Å². The Labute approximate surface area is 170 Å². The number of rotatable bonds is 4. The van der Waals surface area contributed by atoms with Crippen molar-refractivity contribution in [3.05, 3.63) is 59.6 Å². The average Bonchev–Trinajstić information content (AvgIpc) is 3.42. The zero-order valence-electron chi connectivity index (χ0n) is 15.7. The predicted octanol–water partition coefficient (Wildman–Crippen LogP) is 0.608. The second-order valence-electron chi connectivity index (χ2n) is 6.75. The van der Waals surface area contributed by atoms with Crippen LogP contribution >= 0.6 is 0 Å². The van der Waals surface area contributed by atoms with E-state index in [0.29, 0.717) is 48.9 Å². The largest absolute Gasteiger partial charge is 0.417 e. The fourth-order valence-corrected chi connectivity index (χ4v) is 4.89. The Morgan fingerprint density at radius 1 is 1.03 bits per heavy atom. The van der Waals surface area contributed by atoms with E-state index < -0.39 is 15.8 Å². The molecule has 1 aliphatic rings. The summed E-state index contributed by atoms with van der Waals surface area (Å²) in [5.41, 5.74) is 0.673. The number of anilines is 1. The Hall–Kier alpha value is -3.51. The summed E-state index contributed by atoms with van der Waals surface area (Å²) in [6, 6.07) is 7.97. The first-order chi connectivity index (χ1) is 14.5. The third-order valence-corrected chi connectivity index (χ3v) is 6.86. The maximum Gasteiger partial charge on any atom is 0.417 e. The molecule has 12 heteroatoms. The summed E-state index contributed by atoms with van der Waals surface area (Å²) >= 11 is 0. The van der Waals surface area contributed by atoms with Crippen molar-refractivity contribution in [1.82, 2.24) is 29.0 Å². The molecule has 5 rings (SSSR count). The molecule has 1 N–H and O–H groups in total. The Morgan fingerprint density at radius 3 is 2.60 bits per heavy atom. The third kappa shape index (κ3) is 3.25. The van der Waals surface area contributed by atoms with Crippen LogP contribution < -0.4 is 10.7 Å². The van der Waals surface area contributed by atoms with Crippen LogP contribution in [0.15, 0.2) is 63.2 Å². The zero-order valence-corrected chi connectivity index (χ0v) is 16.5. The summed E-state index contributed by atoms with van der Waals surface area (Å²) in [5.74, 6) is 0.736. The van der Waals surface area contributed by atoms with Gasteiger partial charge in [0.25, 0.3) is 0 Å². The van der Waals surface area contributed by atoms with Gasteiger partial charge >= 0.3 is 5.76 Å². The van der Waals surface area contributed by atoms with Gasteiger partial charge in [-0.05, 0) is 24.3 Å². The molecule has 0 atom stereocenters. The normalized spacial score (nSPS) is 15.7. The van der Waals surface area contributed by atoms with Crippen molar-refractivity contribution in [3.8, 4) is 5.82 Å². The van der Waals surface area contributed by atoms with Crippen LogP contribution in [0.1, 0.15) is 0 Å². The fraction of sp³-hybridized carbons (Fsp3) is 0.222. The van der Waals surface area contributed by atoms with E-state index in [2.05, 4.69) is 20.1 Å². The summed E-state index contributed by atoms with van der Waals surface area (Å²) < 4.78 is 34.1. The van der Waals surface area contributed by atoms with Gasteiger partial charge in [-0.25, -0.2) is 27.9 Å². The summed E-state index contributed by atoms with van der Waals surface area (Å²) in [7, 11) is -3.70. The molecule has 1 saturated heterocycles. The van der Waals surface area contributed by atoms with Crippen molar-refractivity contribution in [2.45, 2.75) is 4.90 Å². The lowest BCUT2D eigenvalue weighted by atomic mass is 10.3. The van der Waals surface area contributed by atoms with Gasteiger partial charge in [-0.15, -0.1) is 0 Å². The number of nitrogens with one attached hydrogen (secondary N) is 1. The maximum absolute atomic E-state index is 13.0. The first-order valence-corrected chi connectivity index (χ1v) is 10.6.